The average Bonchev–Trinajstić information content (AvgIpc) is 2.71. The summed E-state index contributed by atoms with van der Waals surface area (Å²) in [4.78, 5) is 0. The third-order valence-corrected chi connectivity index (χ3v) is 2.51. The van der Waals surface area contributed by atoms with Crippen LogP contribution >= 0.6 is 0 Å². The van der Waals surface area contributed by atoms with E-state index in [0.29, 0.717) is 16.6 Å². The van der Waals surface area contributed by atoms with E-state index in [-0.39, 0.29) is 31.7 Å². The van der Waals surface area contributed by atoms with E-state index >= 15 is 0 Å². The first kappa shape index (κ1) is 12.9. The van der Waals surface area contributed by atoms with Gasteiger partial charge in [0.15, 0.2) is 0 Å². The molecule has 0 amide bonds. The molecule has 5 heteroatoms. The Morgan fingerprint density at radius 3 is 2.61 bits per heavy atom. The normalized spacial score (nSPS) is 10.3. The summed E-state index contributed by atoms with van der Waals surface area (Å²) in [6.45, 7) is 0. The number of halogens is 2. The van der Waals surface area contributed by atoms with E-state index in [2.05, 4.69) is 11.2 Å². The summed E-state index contributed by atoms with van der Waals surface area (Å²) < 4.78 is 27.6. The minimum atomic E-state index is -0.357. The van der Waals surface area contributed by atoms with Gasteiger partial charge in [-0.05, 0) is 23.9 Å². The number of benzene rings is 2. The van der Waals surface area contributed by atoms with Gasteiger partial charge in [0.1, 0.15) is 5.82 Å². The molecule has 0 bridgehead atoms. The van der Waals surface area contributed by atoms with Crippen LogP contribution in [-0.4, -0.2) is 9.78 Å². The van der Waals surface area contributed by atoms with Crippen LogP contribution in [0.3, 0.4) is 0 Å². The summed E-state index contributed by atoms with van der Waals surface area (Å²) in [6.07, 6.45) is 1.54. The van der Waals surface area contributed by atoms with Crippen LogP contribution in [-0.2, 0) is 20.1 Å². The minimum absolute atomic E-state index is 0. The van der Waals surface area contributed by atoms with Gasteiger partial charge in [-0.3, -0.25) is 4.68 Å². The fraction of sp³-hybridized carbons (Fsp3) is 0. The van der Waals surface area contributed by atoms with Crippen LogP contribution in [0.15, 0.2) is 42.6 Å². The van der Waals surface area contributed by atoms with E-state index in [0.717, 1.165) is 0 Å². The Labute approximate surface area is 116 Å². The third kappa shape index (κ3) is 2.19. The number of hydrogen-bond acceptors (Lipinski definition) is 1. The molecule has 1 aromatic heterocycles. The standard InChI is InChI=1S/C13H7F2N2.Ir/c14-10-2-1-3-12(7-10)17-13-5-4-11(15)6-9(13)8-16-17;/h1-2,4-8H;/q-1;. The van der Waals surface area contributed by atoms with Crippen LogP contribution in [0.5, 0.6) is 0 Å². The van der Waals surface area contributed by atoms with Crippen molar-refractivity contribution in [2.75, 3.05) is 0 Å². The van der Waals surface area contributed by atoms with E-state index in [1.54, 1.807) is 6.07 Å². The van der Waals surface area contributed by atoms with Crippen LogP contribution in [0.2, 0.25) is 0 Å². The molecule has 3 aromatic rings. The van der Waals surface area contributed by atoms with Crippen LogP contribution < -0.4 is 0 Å². The van der Waals surface area contributed by atoms with Gasteiger partial charge in [0, 0.05) is 31.3 Å². The minimum Gasteiger partial charge on any atom is -0.258 e. The maximum atomic E-state index is 13.1. The molecule has 0 aliphatic rings. The second-order valence-corrected chi connectivity index (χ2v) is 3.65. The van der Waals surface area contributed by atoms with Crippen molar-refractivity contribution in [2.24, 2.45) is 0 Å². The molecule has 2 aromatic carbocycles. The molecule has 1 heterocycles. The number of nitrogens with zero attached hydrogens (tertiary/aromatic N) is 2. The fourth-order valence-electron chi connectivity index (χ4n) is 1.75. The second kappa shape index (κ2) is 4.96. The van der Waals surface area contributed by atoms with Crippen molar-refractivity contribution < 1.29 is 28.9 Å². The predicted octanol–water partition coefficient (Wildman–Crippen LogP) is 3.10. The number of fused-ring (bicyclic) bond motifs is 1. The number of aromatic nitrogens is 2. The summed E-state index contributed by atoms with van der Waals surface area (Å²) in [5.41, 5.74) is 1.21. The molecule has 0 saturated heterocycles. The zero-order valence-corrected chi connectivity index (χ0v) is 11.4. The van der Waals surface area contributed by atoms with E-state index in [1.807, 2.05) is 0 Å². The maximum absolute atomic E-state index is 13.1. The van der Waals surface area contributed by atoms with Crippen molar-refractivity contribution in [3.05, 3.63) is 60.3 Å². The van der Waals surface area contributed by atoms with E-state index in [9.17, 15) is 8.78 Å². The Morgan fingerprint density at radius 2 is 1.83 bits per heavy atom. The van der Waals surface area contributed by atoms with Crippen LogP contribution in [0.4, 0.5) is 8.78 Å². The maximum Gasteiger partial charge on any atom is 0.124 e. The van der Waals surface area contributed by atoms with Gasteiger partial charge in [-0.15, -0.1) is 12.1 Å². The third-order valence-electron chi connectivity index (χ3n) is 2.51. The topological polar surface area (TPSA) is 17.8 Å². The SMILES string of the molecule is Fc1cc[c-]c(-n2ncc3cc(F)ccc32)c1.[Ir]. The van der Waals surface area contributed by atoms with Crippen molar-refractivity contribution in [3.63, 3.8) is 0 Å². The van der Waals surface area contributed by atoms with Crippen molar-refractivity contribution in [1.29, 1.82) is 0 Å². The van der Waals surface area contributed by atoms with E-state index in [1.165, 1.54) is 41.2 Å². The van der Waals surface area contributed by atoms with E-state index in [4.69, 9.17) is 0 Å². The Morgan fingerprint density at radius 1 is 1.06 bits per heavy atom. The van der Waals surface area contributed by atoms with Gasteiger partial charge in [0.25, 0.3) is 0 Å². The molecule has 2 nitrogen and oxygen atoms in total. The molecule has 0 aliphatic carbocycles. The molecule has 0 spiro atoms. The van der Waals surface area contributed by atoms with Crippen LogP contribution in [0.1, 0.15) is 0 Å². The second-order valence-electron chi connectivity index (χ2n) is 3.65. The van der Waals surface area contributed by atoms with Gasteiger partial charge in [0.05, 0.1) is 11.7 Å². The fourth-order valence-corrected chi connectivity index (χ4v) is 1.75. The molecule has 1 radical (unpaired) electrons. The average molecular weight is 421 g/mol. The van der Waals surface area contributed by atoms with Gasteiger partial charge >= 0.3 is 0 Å². The Kier molecular flexibility index (Phi) is 3.55. The first-order valence-corrected chi connectivity index (χ1v) is 5.05. The zero-order valence-electron chi connectivity index (χ0n) is 9.03. The Bertz CT molecular complexity index is 694. The summed E-state index contributed by atoms with van der Waals surface area (Å²) in [5.74, 6) is -0.676. The summed E-state index contributed by atoms with van der Waals surface area (Å²) in [7, 11) is 0. The van der Waals surface area contributed by atoms with Gasteiger partial charge in [-0.2, -0.15) is 17.2 Å². The largest absolute Gasteiger partial charge is 0.258 e. The molecule has 93 valence electrons. The monoisotopic (exact) mass is 422 g/mol. The zero-order chi connectivity index (χ0) is 11.8. The van der Waals surface area contributed by atoms with Gasteiger partial charge in [-0.25, -0.2) is 8.78 Å². The summed E-state index contributed by atoms with van der Waals surface area (Å²) >= 11 is 0. The van der Waals surface area contributed by atoms with Crippen molar-refractivity contribution in [1.82, 2.24) is 9.78 Å². The number of hydrogen-bond donors (Lipinski definition) is 0. The smallest absolute Gasteiger partial charge is 0.124 e. The summed E-state index contributed by atoms with van der Waals surface area (Å²) in [5, 5.41) is 4.77. The van der Waals surface area contributed by atoms with Crippen LogP contribution in [0.25, 0.3) is 16.6 Å². The number of rotatable bonds is 1. The first-order valence-electron chi connectivity index (χ1n) is 5.05. The van der Waals surface area contributed by atoms with Gasteiger partial charge < -0.3 is 0 Å². The van der Waals surface area contributed by atoms with Gasteiger partial charge in [-0.1, -0.05) is 0 Å². The van der Waals surface area contributed by atoms with Crippen molar-refractivity contribution in [3.8, 4) is 5.69 Å². The molecule has 0 unspecified atom stereocenters. The molecule has 0 aliphatic heterocycles. The van der Waals surface area contributed by atoms with E-state index < -0.39 is 0 Å². The molecule has 3 rings (SSSR count). The molecule has 0 N–H and O–H groups in total. The first-order chi connectivity index (χ1) is 8.24. The molecule has 18 heavy (non-hydrogen) atoms. The molecule has 0 saturated carbocycles. The Hall–Kier alpha value is -1.58. The molecule has 0 atom stereocenters. The molecule has 0 fully saturated rings. The molecular formula is C13H7F2IrN2-. The molecular weight excluding hydrogens is 414 g/mol. The summed E-state index contributed by atoms with van der Waals surface area (Å²) in [6, 6.07) is 11.4. The Balaban J connectivity index is 0.00000120. The van der Waals surface area contributed by atoms with Crippen LogP contribution in [0, 0.1) is 17.7 Å². The predicted molar refractivity (Wildman–Crippen MR) is 59.8 cm³/mol. The quantitative estimate of drug-likeness (QED) is 0.553. The van der Waals surface area contributed by atoms with Crippen molar-refractivity contribution in [2.45, 2.75) is 0 Å². The van der Waals surface area contributed by atoms with Gasteiger partial charge in [0.2, 0.25) is 0 Å². The van der Waals surface area contributed by atoms with Crippen molar-refractivity contribution >= 4 is 10.9 Å².